The molecule has 0 aliphatic carbocycles. The van der Waals surface area contributed by atoms with E-state index in [9.17, 15) is 9.79 Å². The summed E-state index contributed by atoms with van der Waals surface area (Å²) in [6.45, 7) is 0. The molecule has 7 nitrogen and oxygen atoms in total. The fourth-order valence-corrected chi connectivity index (χ4v) is 5.15. The molecule has 182 valence electrons. The van der Waals surface area contributed by atoms with Gasteiger partial charge in [-0.15, -0.1) is 0 Å². The van der Waals surface area contributed by atoms with Crippen molar-refractivity contribution in [2.75, 3.05) is 0 Å². The Kier molecular flexibility index (Phi) is 5.41. The van der Waals surface area contributed by atoms with Crippen LogP contribution in [0, 0.1) is 0 Å². The zero-order valence-corrected chi connectivity index (χ0v) is 20.7. The Hall–Kier alpha value is -4.55. The van der Waals surface area contributed by atoms with E-state index in [1.54, 1.807) is 18.5 Å². The fraction of sp³-hybridized carbons (Fsp3) is 0. The molecule has 4 heterocycles. The van der Waals surface area contributed by atoms with Crippen molar-refractivity contribution in [1.82, 2.24) is 19.9 Å². The van der Waals surface area contributed by atoms with Crippen molar-refractivity contribution in [3.63, 3.8) is 0 Å². The Morgan fingerprint density at radius 2 is 1.08 bits per heavy atom. The second-order valence-corrected chi connectivity index (χ2v) is 9.56. The molecule has 0 fully saturated rings. The highest BCUT2D eigenvalue weighted by atomic mass is 31.2. The predicted octanol–water partition coefficient (Wildman–Crippen LogP) is 6.80. The van der Waals surface area contributed by atoms with E-state index in [1.807, 2.05) is 84.9 Å². The third kappa shape index (κ3) is 3.90. The van der Waals surface area contributed by atoms with Gasteiger partial charge < -0.3 is 14.3 Å². The maximum atomic E-state index is 9.64. The van der Waals surface area contributed by atoms with Crippen LogP contribution in [0.2, 0.25) is 0 Å². The van der Waals surface area contributed by atoms with Crippen molar-refractivity contribution in [2.45, 2.75) is 0 Å². The second-order valence-electron chi connectivity index (χ2n) is 8.87. The Balaban J connectivity index is 1.43. The minimum Gasteiger partial charge on any atom is -0.426 e. The lowest BCUT2D eigenvalue weighted by molar-refractivity contribution is 0.375. The van der Waals surface area contributed by atoms with Gasteiger partial charge in [-0.05, 0) is 42.5 Å². The van der Waals surface area contributed by atoms with E-state index in [-0.39, 0.29) is 0 Å². The molecular weight excluding hydrogens is 495 g/mol. The van der Waals surface area contributed by atoms with Gasteiger partial charge in [0.15, 0.2) is 0 Å². The highest BCUT2D eigenvalue weighted by molar-refractivity contribution is 7.39. The van der Waals surface area contributed by atoms with Crippen LogP contribution < -0.4 is 4.52 Å². The molecule has 0 bridgehead atoms. The smallest absolute Gasteiger partial charge is 0.391 e. The van der Waals surface area contributed by atoms with E-state index < -0.39 is 8.60 Å². The summed E-state index contributed by atoms with van der Waals surface area (Å²) in [4.78, 5) is 38.3. The van der Waals surface area contributed by atoms with Gasteiger partial charge in [-0.1, -0.05) is 48.5 Å². The fourth-order valence-electron chi connectivity index (χ4n) is 4.82. The van der Waals surface area contributed by atoms with Crippen LogP contribution in [0.3, 0.4) is 0 Å². The molecule has 0 aliphatic rings. The molecule has 0 saturated carbocycles. The molecule has 7 rings (SSSR count). The van der Waals surface area contributed by atoms with E-state index in [0.717, 1.165) is 54.9 Å². The largest absolute Gasteiger partial charge is 0.426 e. The summed E-state index contributed by atoms with van der Waals surface area (Å²) < 4.78 is 5.41. The highest BCUT2D eigenvalue weighted by Crippen LogP contribution is 2.40. The molecule has 8 heteroatoms. The van der Waals surface area contributed by atoms with Crippen LogP contribution >= 0.6 is 8.60 Å². The van der Waals surface area contributed by atoms with Crippen LogP contribution in [0.25, 0.3) is 66.1 Å². The van der Waals surface area contributed by atoms with Crippen LogP contribution in [0.5, 0.6) is 5.75 Å². The van der Waals surface area contributed by atoms with Crippen LogP contribution in [-0.4, -0.2) is 29.7 Å². The quantitative estimate of drug-likeness (QED) is 0.197. The van der Waals surface area contributed by atoms with Gasteiger partial charge >= 0.3 is 8.60 Å². The van der Waals surface area contributed by atoms with E-state index >= 15 is 0 Å². The predicted molar refractivity (Wildman–Crippen MR) is 151 cm³/mol. The SMILES string of the molecule is OP(O)Oc1ccc(-c2ccc3ccc4cccnc4c3n2)cc1-c1ccc2ccc3cccnc3c2n1. The molecule has 0 radical (unpaired) electrons. The van der Waals surface area contributed by atoms with Gasteiger partial charge in [0.2, 0.25) is 0 Å². The lowest BCUT2D eigenvalue weighted by Crippen LogP contribution is -1.94. The van der Waals surface area contributed by atoms with Crippen molar-refractivity contribution in [1.29, 1.82) is 0 Å². The minimum atomic E-state index is -2.62. The first-order valence-corrected chi connectivity index (χ1v) is 13.1. The standard InChI is InChI=1S/C30H19N4O3P/c35-38(36)37-26-14-11-22(24-12-9-20-7-5-18-3-1-15-31-27(18)29(20)33-24)17-23(26)25-13-10-21-8-6-19-4-2-16-32-28(19)30(21)34-25/h1-17,35-36H. The van der Waals surface area contributed by atoms with Crippen molar-refractivity contribution in [3.8, 4) is 28.3 Å². The van der Waals surface area contributed by atoms with E-state index in [2.05, 4.69) is 9.97 Å². The average molecular weight is 514 g/mol. The number of fused-ring (bicyclic) bond motifs is 6. The Morgan fingerprint density at radius 3 is 1.68 bits per heavy atom. The van der Waals surface area contributed by atoms with Crippen molar-refractivity contribution in [3.05, 3.63) is 103 Å². The third-order valence-corrected chi connectivity index (χ3v) is 6.96. The molecule has 0 unspecified atom stereocenters. The summed E-state index contributed by atoms with van der Waals surface area (Å²) in [5.41, 5.74) is 6.04. The molecule has 0 atom stereocenters. The number of hydrogen-bond donors (Lipinski definition) is 2. The molecule has 0 spiro atoms. The van der Waals surface area contributed by atoms with Gasteiger partial charge in [0.25, 0.3) is 0 Å². The lowest BCUT2D eigenvalue weighted by Gasteiger charge is -2.14. The van der Waals surface area contributed by atoms with Crippen molar-refractivity contribution < 1.29 is 14.3 Å². The van der Waals surface area contributed by atoms with Gasteiger partial charge in [-0.2, -0.15) is 0 Å². The number of pyridine rings is 4. The topological polar surface area (TPSA) is 101 Å². The van der Waals surface area contributed by atoms with Gasteiger partial charge in [0.1, 0.15) is 5.75 Å². The van der Waals surface area contributed by atoms with E-state index in [0.29, 0.717) is 17.0 Å². The van der Waals surface area contributed by atoms with Crippen LogP contribution in [0.4, 0.5) is 0 Å². The maximum absolute atomic E-state index is 9.64. The summed E-state index contributed by atoms with van der Waals surface area (Å²) in [6.07, 6.45) is 3.52. The first-order chi connectivity index (χ1) is 18.6. The molecular formula is C30H19N4O3P. The van der Waals surface area contributed by atoms with Gasteiger partial charge in [0, 0.05) is 45.1 Å². The summed E-state index contributed by atoms with van der Waals surface area (Å²) >= 11 is 0. The molecule has 3 aromatic carbocycles. The maximum Gasteiger partial charge on any atom is 0.391 e. The number of rotatable bonds is 4. The summed E-state index contributed by atoms with van der Waals surface area (Å²) in [7, 11) is -2.62. The van der Waals surface area contributed by atoms with Crippen LogP contribution in [-0.2, 0) is 0 Å². The summed E-state index contributed by atoms with van der Waals surface area (Å²) in [6, 6.07) is 29.3. The molecule has 0 aliphatic heterocycles. The van der Waals surface area contributed by atoms with Crippen molar-refractivity contribution >= 4 is 52.2 Å². The van der Waals surface area contributed by atoms with Crippen molar-refractivity contribution in [2.24, 2.45) is 0 Å². The van der Waals surface area contributed by atoms with E-state index in [1.165, 1.54) is 0 Å². The number of benzene rings is 3. The molecule has 0 saturated heterocycles. The number of aromatic nitrogens is 4. The zero-order valence-electron chi connectivity index (χ0n) is 19.9. The molecule has 2 N–H and O–H groups in total. The molecule has 38 heavy (non-hydrogen) atoms. The molecule has 4 aromatic heterocycles. The first-order valence-electron chi connectivity index (χ1n) is 11.9. The van der Waals surface area contributed by atoms with Gasteiger partial charge in [-0.25, -0.2) is 9.97 Å². The Labute approximate surface area is 218 Å². The number of hydrogen-bond acceptors (Lipinski definition) is 7. The molecule has 7 aromatic rings. The lowest BCUT2D eigenvalue weighted by atomic mass is 10.0. The van der Waals surface area contributed by atoms with Crippen LogP contribution in [0.15, 0.2) is 103 Å². The third-order valence-electron chi connectivity index (χ3n) is 6.60. The average Bonchev–Trinajstić information content (AvgIpc) is 2.96. The molecule has 0 amide bonds. The monoisotopic (exact) mass is 514 g/mol. The Morgan fingerprint density at radius 1 is 0.553 bits per heavy atom. The summed E-state index contributed by atoms with van der Waals surface area (Å²) in [5.74, 6) is 0.317. The zero-order chi connectivity index (χ0) is 25.6. The Bertz CT molecular complexity index is 2010. The van der Waals surface area contributed by atoms with Gasteiger partial charge in [-0.3, -0.25) is 9.97 Å². The minimum absolute atomic E-state index is 0.317. The normalized spacial score (nSPS) is 11.7. The first kappa shape index (κ1) is 22.6. The second kappa shape index (κ2) is 9.08. The highest BCUT2D eigenvalue weighted by Gasteiger charge is 2.16. The van der Waals surface area contributed by atoms with Crippen LogP contribution in [0.1, 0.15) is 0 Å². The van der Waals surface area contributed by atoms with Gasteiger partial charge in [0.05, 0.1) is 33.5 Å². The summed E-state index contributed by atoms with van der Waals surface area (Å²) in [5, 5.41) is 3.97. The number of nitrogens with zero attached hydrogens (tertiary/aromatic N) is 4. The van der Waals surface area contributed by atoms with E-state index in [4.69, 9.17) is 14.5 Å².